The molecule has 94 valence electrons. The van der Waals surface area contributed by atoms with E-state index in [4.69, 9.17) is 0 Å². The summed E-state index contributed by atoms with van der Waals surface area (Å²) >= 11 is 0. The van der Waals surface area contributed by atoms with E-state index in [9.17, 15) is 5.11 Å². The van der Waals surface area contributed by atoms with Gasteiger partial charge in [-0.3, -0.25) is 4.90 Å². The summed E-state index contributed by atoms with van der Waals surface area (Å²) in [5.41, 5.74) is 2.55. The highest BCUT2D eigenvalue weighted by Gasteiger charge is 2.28. The largest absolute Gasteiger partial charge is 0.395 e. The molecular weight excluding hydrogens is 212 g/mol. The number of likely N-dealkylation sites (N-methyl/N-ethyl adjacent to an activating group) is 1. The molecule has 1 saturated heterocycles. The summed E-state index contributed by atoms with van der Waals surface area (Å²) in [6.07, 6.45) is 0. The van der Waals surface area contributed by atoms with Crippen LogP contribution >= 0.6 is 0 Å². The van der Waals surface area contributed by atoms with Gasteiger partial charge in [-0.25, -0.2) is 0 Å². The number of benzene rings is 1. The van der Waals surface area contributed by atoms with Crippen molar-refractivity contribution >= 4 is 5.69 Å². The highest BCUT2D eigenvalue weighted by molar-refractivity contribution is 5.50. The van der Waals surface area contributed by atoms with Gasteiger partial charge in [0.1, 0.15) is 0 Å². The normalized spacial score (nSPS) is 26.2. The minimum Gasteiger partial charge on any atom is -0.395 e. The average molecular weight is 234 g/mol. The van der Waals surface area contributed by atoms with E-state index in [1.54, 1.807) is 0 Å². The van der Waals surface area contributed by atoms with Crippen molar-refractivity contribution in [3.8, 4) is 0 Å². The van der Waals surface area contributed by atoms with Gasteiger partial charge in [0.15, 0.2) is 0 Å². The topological polar surface area (TPSA) is 26.7 Å². The van der Waals surface area contributed by atoms with Crippen molar-refractivity contribution in [2.45, 2.75) is 25.9 Å². The first kappa shape index (κ1) is 12.4. The SMILES string of the molecule is Cc1cccc(N2CC(CO)N(C)CC2C)c1. The second kappa shape index (κ2) is 5.07. The Balaban J connectivity index is 2.20. The van der Waals surface area contributed by atoms with E-state index in [1.807, 2.05) is 0 Å². The van der Waals surface area contributed by atoms with Crippen LogP contribution in [0, 0.1) is 6.92 Å². The molecule has 1 aromatic carbocycles. The number of piperazine rings is 1. The van der Waals surface area contributed by atoms with Crippen molar-refractivity contribution in [2.75, 3.05) is 31.6 Å². The summed E-state index contributed by atoms with van der Waals surface area (Å²) in [6, 6.07) is 9.33. The fourth-order valence-electron chi connectivity index (χ4n) is 2.57. The molecule has 3 nitrogen and oxygen atoms in total. The molecule has 3 heteroatoms. The van der Waals surface area contributed by atoms with Crippen LogP contribution in [0.4, 0.5) is 5.69 Å². The van der Waals surface area contributed by atoms with Gasteiger partial charge in [0.05, 0.1) is 12.6 Å². The van der Waals surface area contributed by atoms with Crippen LogP contribution in [0.1, 0.15) is 12.5 Å². The zero-order valence-electron chi connectivity index (χ0n) is 10.9. The maximum absolute atomic E-state index is 9.40. The van der Waals surface area contributed by atoms with Crippen molar-refractivity contribution < 1.29 is 5.11 Å². The molecule has 0 amide bonds. The maximum atomic E-state index is 9.40. The number of aryl methyl sites for hydroxylation is 1. The lowest BCUT2D eigenvalue weighted by atomic mass is 10.1. The van der Waals surface area contributed by atoms with Gasteiger partial charge < -0.3 is 10.0 Å². The average Bonchev–Trinajstić information content (AvgIpc) is 2.29. The van der Waals surface area contributed by atoms with Crippen LogP contribution in [0.15, 0.2) is 24.3 Å². The smallest absolute Gasteiger partial charge is 0.0604 e. The molecule has 1 heterocycles. The molecule has 2 rings (SSSR count). The number of nitrogens with zero attached hydrogens (tertiary/aromatic N) is 2. The third-order valence-electron chi connectivity index (χ3n) is 3.66. The van der Waals surface area contributed by atoms with Crippen LogP contribution < -0.4 is 4.90 Å². The van der Waals surface area contributed by atoms with Crippen LogP contribution in [0.3, 0.4) is 0 Å². The number of aliphatic hydroxyl groups excluding tert-OH is 1. The molecule has 2 unspecified atom stereocenters. The molecule has 0 bridgehead atoms. The number of hydrogen-bond acceptors (Lipinski definition) is 3. The van der Waals surface area contributed by atoms with Crippen molar-refractivity contribution in [2.24, 2.45) is 0 Å². The fraction of sp³-hybridized carbons (Fsp3) is 0.571. The van der Waals surface area contributed by atoms with E-state index in [0.29, 0.717) is 6.04 Å². The van der Waals surface area contributed by atoms with Gasteiger partial charge >= 0.3 is 0 Å². The third kappa shape index (κ3) is 2.61. The van der Waals surface area contributed by atoms with Gasteiger partial charge in [-0.2, -0.15) is 0 Å². The van der Waals surface area contributed by atoms with Crippen LogP contribution in [0.5, 0.6) is 0 Å². The number of aliphatic hydroxyl groups is 1. The Morgan fingerprint density at radius 3 is 2.76 bits per heavy atom. The van der Waals surface area contributed by atoms with E-state index in [-0.39, 0.29) is 12.6 Å². The van der Waals surface area contributed by atoms with E-state index in [1.165, 1.54) is 11.3 Å². The van der Waals surface area contributed by atoms with Crippen molar-refractivity contribution in [1.29, 1.82) is 0 Å². The van der Waals surface area contributed by atoms with Crippen molar-refractivity contribution in [3.63, 3.8) is 0 Å². The lowest BCUT2D eigenvalue weighted by molar-refractivity contribution is 0.122. The summed E-state index contributed by atoms with van der Waals surface area (Å²) in [5, 5.41) is 9.40. The molecule has 1 aliphatic rings. The quantitative estimate of drug-likeness (QED) is 0.840. The summed E-state index contributed by atoms with van der Waals surface area (Å²) in [7, 11) is 2.09. The van der Waals surface area contributed by atoms with Crippen LogP contribution in [0.25, 0.3) is 0 Å². The monoisotopic (exact) mass is 234 g/mol. The van der Waals surface area contributed by atoms with Gasteiger partial charge in [0, 0.05) is 24.8 Å². The molecule has 0 aliphatic carbocycles. The zero-order valence-corrected chi connectivity index (χ0v) is 10.9. The molecule has 1 aromatic rings. The zero-order chi connectivity index (χ0) is 12.4. The summed E-state index contributed by atoms with van der Waals surface area (Å²) in [5.74, 6) is 0. The van der Waals surface area contributed by atoms with Gasteiger partial charge in [-0.05, 0) is 38.6 Å². The molecule has 1 fully saturated rings. The first-order valence-electron chi connectivity index (χ1n) is 6.26. The molecule has 0 spiro atoms. The Morgan fingerprint density at radius 1 is 1.35 bits per heavy atom. The third-order valence-corrected chi connectivity index (χ3v) is 3.66. The van der Waals surface area contributed by atoms with Gasteiger partial charge in [-0.1, -0.05) is 12.1 Å². The highest BCUT2D eigenvalue weighted by Crippen LogP contribution is 2.23. The summed E-state index contributed by atoms with van der Waals surface area (Å²) < 4.78 is 0. The minimum atomic E-state index is 0.228. The number of anilines is 1. The van der Waals surface area contributed by atoms with Crippen LogP contribution in [0.2, 0.25) is 0 Å². The minimum absolute atomic E-state index is 0.228. The molecule has 0 radical (unpaired) electrons. The second-order valence-electron chi connectivity index (χ2n) is 5.12. The molecule has 1 N–H and O–H groups in total. The van der Waals surface area contributed by atoms with E-state index >= 15 is 0 Å². The predicted molar refractivity (Wildman–Crippen MR) is 71.5 cm³/mol. The maximum Gasteiger partial charge on any atom is 0.0604 e. The van der Waals surface area contributed by atoms with Gasteiger partial charge in [0.2, 0.25) is 0 Å². The Bertz CT molecular complexity index is 380. The van der Waals surface area contributed by atoms with Crippen LogP contribution in [-0.4, -0.2) is 48.8 Å². The van der Waals surface area contributed by atoms with E-state index < -0.39 is 0 Å². The Labute approximate surface area is 104 Å². The van der Waals surface area contributed by atoms with Gasteiger partial charge in [-0.15, -0.1) is 0 Å². The van der Waals surface area contributed by atoms with E-state index in [0.717, 1.165) is 13.1 Å². The van der Waals surface area contributed by atoms with Crippen LogP contribution in [-0.2, 0) is 0 Å². The molecule has 17 heavy (non-hydrogen) atoms. The molecule has 0 saturated carbocycles. The molecule has 1 aliphatic heterocycles. The first-order chi connectivity index (χ1) is 8.11. The molecular formula is C14H22N2O. The number of rotatable bonds is 2. The first-order valence-corrected chi connectivity index (χ1v) is 6.26. The Morgan fingerprint density at radius 2 is 2.12 bits per heavy atom. The van der Waals surface area contributed by atoms with Crippen molar-refractivity contribution in [1.82, 2.24) is 4.90 Å². The summed E-state index contributed by atoms with van der Waals surface area (Å²) in [4.78, 5) is 4.64. The Kier molecular flexibility index (Phi) is 3.69. The van der Waals surface area contributed by atoms with E-state index in [2.05, 4.69) is 55.0 Å². The lowest BCUT2D eigenvalue weighted by Gasteiger charge is -2.44. The summed E-state index contributed by atoms with van der Waals surface area (Å²) in [6.45, 7) is 6.49. The number of hydrogen-bond donors (Lipinski definition) is 1. The fourth-order valence-corrected chi connectivity index (χ4v) is 2.57. The standard InChI is InChI=1S/C14H22N2O/c1-11-5-4-6-13(7-11)16-9-14(10-17)15(3)8-12(16)2/h4-7,12,14,17H,8-10H2,1-3H3. The lowest BCUT2D eigenvalue weighted by Crippen LogP contribution is -2.57. The highest BCUT2D eigenvalue weighted by atomic mass is 16.3. The second-order valence-corrected chi connectivity index (χ2v) is 5.12. The van der Waals surface area contributed by atoms with Gasteiger partial charge in [0.25, 0.3) is 0 Å². The predicted octanol–water partition coefficient (Wildman–Crippen LogP) is 1.50. The van der Waals surface area contributed by atoms with Crippen molar-refractivity contribution in [3.05, 3.63) is 29.8 Å². The molecule has 0 aromatic heterocycles. The Hall–Kier alpha value is -1.06. The molecule has 2 atom stereocenters.